The summed E-state index contributed by atoms with van der Waals surface area (Å²) < 4.78 is 5.09. The van der Waals surface area contributed by atoms with E-state index < -0.39 is 0 Å². The molecule has 0 fully saturated rings. The average molecular weight is 244 g/mol. The lowest BCUT2D eigenvalue weighted by Crippen LogP contribution is -1.88. The Hall–Kier alpha value is -1.74. The van der Waals surface area contributed by atoms with E-state index in [1.54, 1.807) is 24.9 Å². The highest BCUT2D eigenvalue weighted by Gasteiger charge is 2.05. The van der Waals surface area contributed by atoms with Crippen molar-refractivity contribution in [2.24, 2.45) is 0 Å². The molecule has 2 nitrogen and oxygen atoms in total. The zero-order valence-electron chi connectivity index (χ0n) is 9.42. The highest BCUT2D eigenvalue weighted by molar-refractivity contribution is 7.99. The van der Waals surface area contributed by atoms with Crippen molar-refractivity contribution in [3.05, 3.63) is 54.1 Å². The highest BCUT2D eigenvalue weighted by atomic mass is 32.2. The lowest BCUT2D eigenvalue weighted by molar-refractivity contribution is 0.112. The van der Waals surface area contributed by atoms with E-state index in [1.165, 1.54) is 0 Å². The van der Waals surface area contributed by atoms with Crippen molar-refractivity contribution >= 4 is 18.0 Å². The number of carbonyl (C=O) groups excluding carboxylic acids is 1. The molecule has 0 bridgehead atoms. The summed E-state index contributed by atoms with van der Waals surface area (Å²) >= 11 is 1.57. The Morgan fingerprint density at radius 1 is 1.12 bits per heavy atom. The highest BCUT2D eigenvalue weighted by Crippen LogP contribution is 2.31. The van der Waals surface area contributed by atoms with Gasteiger partial charge < -0.3 is 4.74 Å². The van der Waals surface area contributed by atoms with E-state index in [9.17, 15) is 4.79 Å². The van der Waals surface area contributed by atoms with E-state index in [0.29, 0.717) is 11.3 Å². The summed E-state index contributed by atoms with van der Waals surface area (Å²) in [5.41, 5.74) is 0.651. The summed E-state index contributed by atoms with van der Waals surface area (Å²) in [5, 5.41) is 0. The number of methoxy groups -OCH3 is 1. The van der Waals surface area contributed by atoms with Crippen molar-refractivity contribution < 1.29 is 9.53 Å². The largest absolute Gasteiger partial charge is 0.497 e. The fraction of sp³-hybridized carbons (Fsp3) is 0.0714. The van der Waals surface area contributed by atoms with Crippen LogP contribution < -0.4 is 4.74 Å². The third-order valence-electron chi connectivity index (χ3n) is 2.31. The standard InChI is InChI=1S/C14H12O2S/c1-16-12-7-8-14(11(9-12)10-15)17-13-5-3-2-4-6-13/h2-10H,1H3. The molecule has 0 radical (unpaired) electrons. The number of hydrogen-bond acceptors (Lipinski definition) is 3. The topological polar surface area (TPSA) is 26.3 Å². The molecule has 0 N–H and O–H groups in total. The molecular weight excluding hydrogens is 232 g/mol. The normalized spacial score (nSPS) is 9.94. The zero-order valence-corrected chi connectivity index (χ0v) is 10.2. The molecule has 2 rings (SSSR count). The predicted molar refractivity (Wildman–Crippen MR) is 68.9 cm³/mol. The SMILES string of the molecule is COc1ccc(Sc2ccccc2)c(C=O)c1. The van der Waals surface area contributed by atoms with Gasteiger partial charge in [0.2, 0.25) is 0 Å². The van der Waals surface area contributed by atoms with Gasteiger partial charge in [0.25, 0.3) is 0 Å². The molecule has 0 saturated heterocycles. The Morgan fingerprint density at radius 2 is 1.88 bits per heavy atom. The Balaban J connectivity index is 2.30. The summed E-state index contributed by atoms with van der Waals surface area (Å²) in [6.07, 6.45) is 0.855. The molecule has 0 aliphatic heterocycles. The van der Waals surface area contributed by atoms with Crippen LogP contribution in [0.1, 0.15) is 10.4 Å². The van der Waals surface area contributed by atoms with Gasteiger partial charge in [-0.25, -0.2) is 0 Å². The van der Waals surface area contributed by atoms with Gasteiger partial charge in [0, 0.05) is 15.4 Å². The summed E-state index contributed by atoms with van der Waals surface area (Å²) in [5.74, 6) is 0.699. The number of ether oxygens (including phenoxy) is 1. The first-order valence-corrected chi connectivity index (χ1v) is 6.01. The van der Waals surface area contributed by atoms with E-state index in [4.69, 9.17) is 4.74 Å². The van der Waals surface area contributed by atoms with Crippen LogP contribution >= 0.6 is 11.8 Å². The van der Waals surface area contributed by atoms with E-state index in [1.807, 2.05) is 42.5 Å². The molecular formula is C14H12O2S. The molecule has 2 aromatic rings. The minimum absolute atomic E-state index is 0.651. The number of carbonyl (C=O) groups is 1. The van der Waals surface area contributed by atoms with Crippen molar-refractivity contribution in [3.8, 4) is 5.75 Å². The molecule has 0 aromatic heterocycles. The Morgan fingerprint density at radius 3 is 2.53 bits per heavy atom. The maximum absolute atomic E-state index is 11.0. The van der Waals surface area contributed by atoms with Crippen molar-refractivity contribution in [2.45, 2.75) is 9.79 Å². The van der Waals surface area contributed by atoms with Gasteiger partial charge in [0.15, 0.2) is 6.29 Å². The molecule has 0 atom stereocenters. The molecule has 86 valence electrons. The first kappa shape index (κ1) is 11.7. The fourth-order valence-electron chi connectivity index (χ4n) is 1.45. The Kier molecular flexibility index (Phi) is 3.83. The second kappa shape index (κ2) is 5.55. The lowest BCUT2D eigenvalue weighted by atomic mass is 10.2. The second-order valence-corrected chi connectivity index (χ2v) is 4.55. The van der Waals surface area contributed by atoms with Crippen LogP contribution in [-0.2, 0) is 0 Å². The predicted octanol–water partition coefficient (Wildman–Crippen LogP) is 3.66. The number of aldehydes is 1. The van der Waals surface area contributed by atoms with Gasteiger partial charge in [-0.15, -0.1) is 0 Å². The summed E-state index contributed by atoms with van der Waals surface area (Å²) in [6, 6.07) is 15.5. The number of rotatable bonds is 4. The zero-order chi connectivity index (χ0) is 12.1. The third-order valence-corrected chi connectivity index (χ3v) is 3.41. The van der Waals surface area contributed by atoms with Crippen molar-refractivity contribution in [1.29, 1.82) is 0 Å². The monoisotopic (exact) mass is 244 g/mol. The fourth-order valence-corrected chi connectivity index (χ4v) is 2.36. The molecule has 0 amide bonds. The van der Waals surface area contributed by atoms with Crippen LogP contribution in [-0.4, -0.2) is 13.4 Å². The van der Waals surface area contributed by atoms with E-state index in [0.717, 1.165) is 16.1 Å². The van der Waals surface area contributed by atoms with Crippen LogP contribution in [0, 0.1) is 0 Å². The van der Waals surface area contributed by atoms with Crippen molar-refractivity contribution in [3.63, 3.8) is 0 Å². The van der Waals surface area contributed by atoms with Gasteiger partial charge in [-0.1, -0.05) is 30.0 Å². The second-order valence-electron chi connectivity index (χ2n) is 3.44. The van der Waals surface area contributed by atoms with Gasteiger partial charge in [0.05, 0.1) is 7.11 Å². The van der Waals surface area contributed by atoms with Crippen molar-refractivity contribution in [1.82, 2.24) is 0 Å². The van der Waals surface area contributed by atoms with Crippen LogP contribution in [0.5, 0.6) is 5.75 Å². The maximum Gasteiger partial charge on any atom is 0.151 e. The van der Waals surface area contributed by atoms with Crippen LogP contribution in [0.25, 0.3) is 0 Å². The van der Waals surface area contributed by atoms with Gasteiger partial charge in [-0.3, -0.25) is 4.79 Å². The van der Waals surface area contributed by atoms with Crippen LogP contribution in [0.4, 0.5) is 0 Å². The summed E-state index contributed by atoms with van der Waals surface area (Å²) in [7, 11) is 1.59. The maximum atomic E-state index is 11.0. The minimum atomic E-state index is 0.651. The average Bonchev–Trinajstić information content (AvgIpc) is 2.40. The van der Waals surface area contributed by atoms with Crippen molar-refractivity contribution in [2.75, 3.05) is 7.11 Å². The summed E-state index contributed by atoms with van der Waals surface area (Å²) in [4.78, 5) is 13.1. The lowest BCUT2D eigenvalue weighted by Gasteiger charge is -2.06. The summed E-state index contributed by atoms with van der Waals surface area (Å²) in [6.45, 7) is 0. The Labute approximate surface area is 105 Å². The van der Waals surface area contributed by atoms with Gasteiger partial charge in [0.1, 0.15) is 5.75 Å². The van der Waals surface area contributed by atoms with E-state index >= 15 is 0 Å². The molecule has 0 unspecified atom stereocenters. The molecule has 0 saturated carbocycles. The van der Waals surface area contributed by atoms with Gasteiger partial charge >= 0.3 is 0 Å². The molecule has 0 spiro atoms. The number of benzene rings is 2. The number of hydrogen-bond donors (Lipinski definition) is 0. The first-order chi connectivity index (χ1) is 8.33. The third kappa shape index (κ3) is 2.88. The molecule has 0 aliphatic carbocycles. The molecule has 3 heteroatoms. The van der Waals surface area contributed by atoms with E-state index in [-0.39, 0.29) is 0 Å². The van der Waals surface area contributed by atoms with Crippen LogP contribution in [0.15, 0.2) is 58.3 Å². The van der Waals surface area contributed by atoms with Crippen LogP contribution in [0.3, 0.4) is 0 Å². The quantitative estimate of drug-likeness (QED) is 0.768. The van der Waals surface area contributed by atoms with Crippen LogP contribution in [0.2, 0.25) is 0 Å². The Bertz CT molecular complexity index is 509. The molecule has 0 heterocycles. The van der Waals surface area contributed by atoms with E-state index in [2.05, 4.69) is 0 Å². The minimum Gasteiger partial charge on any atom is -0.497 e. The smallest absolute Gasteiger partial charge is 0.151 e. The first-order valence-electron chi connectivity index (χ1n) is 5.19. The van der Waals surface area contributed by atoms with Gasteiger partial charge in [-0.2, -0.15) is 0 Å². The molecule has 0 aliphatic rings. The van der Waals surface area contributed by atoms with Gasteiger partial charge in [-0.05, 0) is 30.3 Å². The molecule has 17 heavy (non-hydrogen) atoms. The molecule has 2 aromatic carbocycles.